The molecule has 0 aliphatic rings. The highest BCUT2D eigenvalue weighted by Gasteiger charge is 2.23. The van der Waals surface area contributed by atoms with Crippen LogP contribution in [0.4, 0.5) is 0 Å². The average molecular weight is 212 g/mol. The number of rotatable bonds is 4. The van der Waals surface area contributed by atoms with Crippen LogP contribution in [0.25, 0.3) is 0 Å². The second-order valence-corrected chi connectivity index (χ2v) is 4.07. The van der Waals surface area contributed by atoms with E-state index in [1.807, 2.05) is 6.92 Å². The fourth-order valence-corrected chi connectivity index (χ4v) is 0.996. The van der Waals surface area contributed by atoms with Crippen LogP contribution in [0, 0.1) is 5.92 Å². The molecule has 1 rings (SSSR count). The summed E-state index contributed by atoms with van der Waals surface area (Å²) in [6, 6.07) is 0. The van der Waals surface area contributed by atoms with Crippen molar-refractivity contribution in [3.05, 3.63) is 11.8 Å². The van der Waals surface area contributed by atoms with Crippen LogP contribution < -0.4 is 0 Å². The largest absolute Gasteiger partial charge is 0.481 e. The average Bonchev–Trinajstić information content (AvgIpc) is 2.63. The molecule has 5 nitrogen and oxygen atoms in total. The number of carbonyl (C=O) groups is 1. The molecule has 0 saturated carbocycles. The summed E-state index contributed by atoms with van der Waals surface area (Å²) in [5, 5.41) is 16.4. The summed E-state index contributed by atoms with van der Waals surface area (Å²) in [7, 11) is 0. The Balaban J connectivity index is 2.85. The third-order valence-electron chi connectivity index (χ3n) is 2.59. The summed E-state index contributed by atoms with van der Waals surface area (Å²) >= 11 is 0. The smallest absolute Gasteiger partial charge is 0.315 e. The predicted molar refractivity (Wildman–Crippen MR) is 53.6 cm³/mol. The van der Waals surface area contributed by atoms with Crippen LogP contribution in [0.3, 0.4) is 0 Å². The van der Waals surface area contributed by atoms with Crippen molar-refractivity contribution in [3.63, 3.8) is 0 Å². The fraction of sp³-hybridized carbons (Fsp3) is 0.700. The van der Waals surface area contributed by atoms with E-state index in [0.29, 0.717) is 11.8 Å². The van der Waals surface area contributed by atoms with Crippen LogP contribution in [0.15, 0.2) is 4.42 Å². The predicted octanol–water partition coefficient (Wildman–Crippen LogP) is 2.02. The molecule has 0 aliphatic carbocycles. The van der Waals surface area contributed by atoms with Crippen molar-refractivity contribution in [2.24, 2.45) is 5.92 Å². The highest BCUT2D eigenvalue weighted by molar-refractivity contribution is 5.73. The molecule has 1 heterocycles. The van der Waals surface area contributed by atoms with Gasteiger partial charge in [0.25, 0.3) is 0 Å². The Morgan fingerprint density at radius 1 is 1.20 bits per heavy atom. The summed E-state index contributed by atoms with van der Waals surface area (Å²) in [4.78, 5) is 10.7. The van der Waals surface area contributed by atoms with Crippen LogP contribution in [0.2, 0.25) is 0 Å². The lowest BCUT2D eigenvalue weighted by molar-refractivity contribution is -0.138. The molecule has 0 saturated heterocycles. The summed E-state index contributed by atoms with van der Waals surface area (Å²) in [6.07, 6.45) is 0. The zero-order chi connectivity index (χ0) is 11.6. The molecule has 1 aromatic heterocycles. The van der Waals surface area contributed by atoms with Gasteiger partial charge in [0.05, 0.1) is 0 Å². The Kier molecular flexibility index (Phi) is 3.44. The molecule has 0 aliphatic heterocycles. The lowest BCUT2D eigenvalue weighted by atomic mass is 9.98. The molecule has 1 aromatic rings. The van der Waals surface area contributed by atoms with Gasteiger partial charge in [-0.3, -0.25) is 4.79 Å². The SMILES string of the molecule is CC(C(=O)O)c1nnc([C@@H](C)C(C)C)o1. The number of carboxylic acids is 1. The molecular weight excluding hydrogens is 196 g/mol. The Bertz CT molecular complexity index is 346. The Morgan fingerprint density at radius 3 is 2.20 bits per heavy atom. The Morgan fingerprint density at radius 2 is 1.73 bits per heavy atom. The molecular formula is C10H16N2O3. The van der Waals surface area contributed by atoms with Crippen molar-refractivity contribution in [2.45, 2.75) is 39.5 Å². The zero-order valence-electron chi connectivity index (χ0n) is 9.39. The van der Waals surface area contributed by atoms with Crippen molar-refractivity contribution in [1.82, 2.24) is 10.2 Å². The molecule has 0 aromatic carbocycles. The Labute approximate surface area is 88.5 Å². The van der Waals surface area contributed by atoms with Crippen molar-refractivity contribution in [2.75, 3.05) is 0 Å². The number of hydrogen-bond donors (Lipinski definition) is 1. The second-order valence-electron chi connectivity index (χ2n) is 4.07. The summed E-state index contributed by atoms with van der Waals surface area (Å²) < 4.78 is 5.33. The maximum absolute atomic E-state index is 10.7. The van der Waals surface area contributed by atoms with Gasteiger partial charge in [0.2, 0.25) is 11.8 Å². The molecule has 1 unspecified atom stereocenters. The van der Waals surface area contributed by atoms with Crippen molar-refractivity contribution in [1.29, 1.82) is 0 Å². The minimum absolute atomic E-state index is 0.146. The lowest BCUT2D eigenvalue weighted by Gasteiger charge is -2.09. The van der Waals surface area contributed by atoms with Crippen molar-refractivity contribution >= 4 is 5.97 Å². The van der Waals surface area contributed by atoms with Crippen LogP contribution in [0.5, 0.6) is 0 Å². The maximum atomic E-state index is 10.7. The summed E-state index contributed by atoms with van der Waals surface area (Å²) in [6.45, 7) is 7.61. The van der Waals surface area contributed by atoms with Crippen LogP contribution in [-0.2, 0) is 4.79 Å². The molecule has 15 heavy (non-hydrogen) atoms. The first-order valence-electron chi connectivity index (χ1n) is 4.99. The summed E-state index contributed by atoms with van der Waals surface area (Å²) in [5.41, 5.74) is 0. The second kappa shape index (κ2) is 4.42. The highest BCUT2D eigenvalue weighted by atomic mass is 16.4. The van der Waals surface area contributed by atoms with E-state index in [4.69, 9.17) is 9.52 Å². The van der Waals surface area contributed by atoms with E-state index >= 15 is 0 Å². The van der Waals surface area contributed by atoms with E-state index in [1.54, 1.807) is 0 Å². The maximum Gasteiger partial charge on any atom is 0.315 e. The van der Waals surface area contributed by atoms with Gasteiger partial charge in [0.15, 0.2) is 0 Å². The number of carboxylic acid groups (broad SMARTS) is 1. The molecule has 84 valence electrons. The first-order chi connectivity index (χ1) is 6.93. The molecule has 0 radical (unpaired) electrons. The van der Waals surface area contributed by atoms with Gasteiger partial charge in [-0.25, -0.2) is 0 Å². The van der Waals surface area contributed by atoms with Crippen molar-refractivity contribution < 1.29 is 14.3 Å². The van der Waals surface area contributed by atoms with Crippen molar-refractivity contribution in [3.8, 4) is 0 Å². The van der Waals surface area contributed by atoms with Gasteiger partial charge in [0, 0.05) is 5.92 Å². The van der Waals surface area contributed by atoms with Crippen LogP contribution in [0.1, 0.15) is 51.3 Å². The monoisotopic (exact) mass is 212 g/mol. The normalized spacial score (nSPS) is 15.3. The standard InChI is InChI=1S/C10H16N2O3/c1-5(2)6(3)8-11-12-9(15-8)7(4)10(13)14/h5-7H,1-4H3,(H,13,14)/t6-,7?/m0/s1. The van der Waals surface area contributed by atoms with E-state index < -0.39 is 11.9 Å². The van der Waals surface area contributed by atoms with E-state index in [-0.39, 0.29) is 11.8 Å². The van der Waals surface area contributed by atoms with Gasteiger partial charge in [0.1, 0.15) is 5.92 Å². The van der Waals surface area contributed by atoms with Gasteiger partial charge in [-0.15, -0.1) is 10.2 Å². The molecule has 0 amide bonds. The van der Waals surface area contributed by atoms with Gasteiger partial charge in [-0.2, -0.15) is 0 Å². The third-order valence-corrected chi connectivity index (χ3v) is 2.59. The minimum Gasteiger partial charge on any atom is -0.481 e. The molecule has 0 fully saturated rings. The minimum atomic E-state index is -0.956. The van der Waals surface area contributed by atoms with Crippen LogP contribution in [-0.4, -0.2) is 21.3 Å². The number of aromatic nitrogens is 2. The van der Waals surface area contributed by atoms with E-state index in [9.17, 15) is 4.79 Å². The van der Waals surface area contributed by atoms with Crippen LogP contribution >= 0.6 is 0 Å². The summed E-state index contributed by atoms with van der Waals surface area (Å²) in [5.74, 6) is -0.489. The molecule has 2 atom stereocenters. The molecule has 0 spiro atoms. The molecule has 1 N–H and O–H groups in total. The van der Waals surface area contributed by atoms with Gasteiger partial charge in [-0.1, -0.05) is 20.8 Å². The van der Waals surface area contributed by atoms with E-state index in [1.165, 1.54) is 6.92 Å². The van der Waals surface area contributed by atoms with Gasteiger partial charge >= 0.3 is 5.97 Å². The number of aliphatic carboxylic acids is 1. The lowest BCUT2D eigenvalue weighted by Crippen LogP contribution is -2.07. The van der Waals surface area contributed by atoms with Gasteiger partial charge < -0.3 is 9.52 Å². The fourth-order valence-electron chi connectivity index (χ4n) is 0.996. The Hall–Kier alpha value is -1.39. The van der Waals surface area contributed by atoms with E-state index in [2.05, 4.69) is 24.0 Å². The molecule has 5 heteroatoms. The quantitative estimate of drug-likeness (QED) is 0.826. The number of hydrogen-bond acceptors (Lipinski definition) is 4. The zero-order valence-corrected chi connectivity index (χ0v) is 9.39. The number of nitrogens with zero attached hydrogens (tertiary/aromatic N) is 2. The topological polar surface area (TPSA) is 76.2 Å². The highest BCUT2D eigenvalue weighted by Crippen LogP contribution is 2.24. The first-order valence-corrected chi connectivity index (χ1v) is 4.99. The van der Waals surface area contributed by atoms with Gasteiger partial charge in [-0.05, 0) is 12.8 Å². The third kappa shape index (κ3) is 2.55. The molecule has 0 bridgehead atoms. The first kappa shape index (κ1) is 11.7. The van der Waals surface area contributed by atoms with E-state index in [0.717, 1.165) is 0 Å².